The molecule has 17 heavy (non-hydrogen) atoms. The summed E-state index contributed by atoms with van der Waals surface area (Å²) in [4.78, 5) is 25.3. The number of nitrogens with zero attached hydrogens (tertiary/aromatic N) is 1. The van der Waals surface area contributed by atoms with Gasteiger partial charge in [0.05, 0.1) is 12.7 Å². The highest BCUT2D eigenvalue weighted by atomic mass is 79.9. The fourth-order valence-corrected chi connectivity index (χ4v) is 2.26. The number of halogens is 1. The summed E-state index contributed by atoms with van der Waals surface area (Å²) in [5, 5.41) is 9.34. The molecule has 0 unspecified atom stereocenters. The minimum Gasteiger partial charge on any atom is -0.394 e. The Balaban J connectivity index is 2.33. The molecule has 6 nitrogen and oxygen atoms in total. The zero-order valence-corrected chi connectivity index (χ0v) is 10.6. The van der Waals surface area contributed by atoms with Crippen LogP contribution in [-0.2, 0) is 10.1 Å². The molecule has 1 fully saturated rings. The number of nitrogens with one attached hydrogen (secondary N) is 1. The van der Waals surface area contributed by atoms with E-state index in [4.69, 9.17) is 9.84 Å². The number of H-pyrrole nitrogens is 1. The van der Waals surface area contributed by atoms with Crippen molar-refractivity contribution in [1.29, 1.82) is 0 Å². The predicted molar refractivity (Wildman–Crippen MR) is 64.2 cm³/mol. The molecule has 2 heterocycles. The largest absolute Gasteiger partial charge is 0.394 e. The zero-order valence-electron chi connectivity index (χ0n) is 9.06. The molecule has 0 bridgehead atoms. The molecule has 1 aliphatic heterocycles. The summed E-state index contributed by atoms with van der Waals surface area (Å²) in [7, 11) is 0. The Morgan fingerprint density at radius 1 is 1.53 bits per heavy atom. The molecule has 0 radical (unpaired) electrons. The third kappa shape index (κ3) is 2.51. The zero-order chi connectivity index (χ0) is 12.4. The second-order valence-electron chi connectivity index (χ2n) is 3.93. The Morgan fingerprint density at radius 3 is 2.88 bits per heavy atom. The number of aliphatic hydroxyl groups excluding tert-OH is 1. The number of aromatic amines is 1. The smallest absolute Gasteiger partial charge is 0.330 e. The van der Waals surface area contributed by atoms with Gasteiger partial charge in [0.2, 0.25) is 0 Å². The topological polar surface area (TPSA) is 84.3 Å². The van der Waals surface area contributed by atoms with Gasteiger partial charge in [-0.05, 0) is 12.8 Å². The number of hydrogen-bond donors (Lipinski definition) is 2. The Labute approximate surface area is 105 Å². The van der Waals surface area contributed by atoms with Crippen molar-refractivity contribution in [2.24, 2.45) is 0 Å². The molecule has 2 atom stereocenters. The van der Waals surface area contributed by atoms with Crippen LogP contribution in [0.5, 0.6) is 0 Å². The SMILES string of the molecule is O=c1[nH]c(=O)n([C@H]2CC[C@@H](CO)O2)cc1CBr. The van der Waals surface area contributed by atoms with E-state index < -0.39 is 11.9 Å². The van der Waals surface area contributed by atoms with E-state index in [0.717, 1.165) is 0 Å². The van der Waals surface area contributed by atoms with Crippen molar-refractivity contribution in [2.75, 3.05) is 6.61 Å². The van der Waals surface area contributed by atoms with Gasteiger partial charge in [0.25, 0.3) is 5.56 Å². The highest BCUT2D eigenvalue weighted by Gasteiger charge is 2.26. The van der Waals surface area contributed by atoms with E-state index in [1.807, 2.05) is 0 Å². The van der Waals surface area contributed by atoms with E-state index in [9.17, 15) is 9.59 Å². The standard InChI is InChI=1S/C10H13BrN2O4/c11-3-6-4-13(10(16)12-9(6)15)8-2-1-7(5-14)17-8/h4,7-8,14H,1-3,5H2,(H,12,15,16)/t7-,8+/m0/s1. The number of aromatic nitrogens is 2. The molecule has 0 saturated carbocycles. The van der Waals surface area contributed by atoms with Crippen molar-refractivity contribution >= 4 is 15.9 Å². The average molecular weight is 305 g/mol. The molecule has 1 aliphatic rings. The Morgan fingerprint density at radius 2 is 2.29 bits per heavy atom. The third-order valence-corrected chi connectivity index (χ3v) is 3.39. The molecule has 2 N–H and O–H groups in total. The first kappa shape index (κ1) is 12.5. The van der Waals surface area contributed by atoms with Gasteiger partial charge in [0, 0.05) is 17.1 Å². The first-order chi connectivity index (χ1) is 8.15. The van der Waals surface area contributed by atoms with Crippen molar-refractivity contribution in [2.45, 2.75) is 30.5 Å². The normalized spacial score (nSPS) is 24.1. The van der Waals surface area contributed by atoms with Gasteiger partial charge >= 0.3 is 5.69 Å². The molecule has 1 aromatic heterocycles. The highest BCUT2D eigenvalue weighted by Crippen LogP contribution is 2.26. The quantitative estimate of drug-likeness (QED) is 0.776. The number of hydrogen-bond acceptors (Lipinski definition) is 4. The molecular formula is C10H13BrN2O4. The lowest BCUT2D eigenvalue weighted by Crippen LogP contribution is -2.34. The Bertz CT molecular complexity index is 510. The third-order valence-electron chi connectivity index (χ3n) is 2.78. The van der Waals surface area contributed by atoms with Gasteiger partial charge in [0.15, 0.2) is 0 Å². The molecule has 1 aromatic rings. The van der Waals surface area contributed by atoms with Crippen LogP contribution in [0.4, 0.5) is 0 Å². The molecule has 0 aromatic carbocycles. The van der Waals surface area contributed by atoms with Crippen LogP contribution >= 0.6 is 15.9 Å². The molecule has 0 spiro atoms. The van der Waals surface area contributed by atoms with E-state index >= 15 is 0 Å². The molecule has 0 amide bonds. The van der Waals surface area contributed by atoms with E-state index in [2.05, 4.69) is 20.9 Å². The number of aliphatic hydroxyl groups is 1. The maximum Gasteiger partial charge on any atom is 0.330 e. The fourth-order valence-electron chi connectivity index (χ4n) is 1.86. The summed E-state index contributed by atoms with van der Waals surface area (Å²) in [6.07, 6.45) is 2.22. The summed E-state index contributed by atoms with van der Waals surface area (Å²) in [6.45, 7) is -0.0556. The van der Waals surface area contributed by atoms with Gasteiger partial charge < -0.3 is 9.84 Å². The van der Waals surface area contributed by atoms with E-state index in [1.54, 1.807) is 0 Å². The fraction of sp³-hybridized carbons (Fsp3) is 0.600. The van der Waals surface area contributed by atoms with Crippen LogP contribution in [0.25, 0.3) is 0 Å². The van der Waals surface area contributed by atoms with Gasteiger partial charge in [0.1, 0.15) is 6.23 Å². The number of alkyl halides is 1. The van der Waals surface area contributed by atoms with Gasteiger partial charge in [-0.3, -0.25) is 14.3 Å². The van der Waals surface area contributed by atoms with Crippen molar-refractivity contribution in [3.05, 3.63) is 32.6 Å². The number of rotatable bonds is 3. The second kappa shape index (κ2) is 5.16. The lowest BCUT2D eigenvalue weighted by molar-refractivity contribution is -0.0247. The summed E-state index contributed by atoms with van der Waals surface area (Å²) >= 11 is 3.18. The molecule has 1 saturated heterocycles. The van der Waals surface area contributed by atoms with E-state index in [-0.39, 0.29) is 18.3 Å². The summed E-state index contributed by atoms with van der Waals surface area (Å²) < 4.78 is 6.86. The van der Waals surface area contributed by atoms with E-state index in [1.165, 1.54) is 10.8 Å². The van der Waals surface area contributed by atoms with Crippen molar-refractivity contribution in [1.82, 2.24) is 9.55 Å². The lowest BCUT2D eigenvalue weighted by atomic mass is 10.2. The van der Waals surface area contributed by atoms with Crippen LogP contribution in [-0.4, -0.2) is 27.4 Å². The van der Waals surface area contributed by atoms with Crippen molar-refractivity contribution in [3.63, 3.8) is 0 Å². The van der Waals surface area contributed by atoms with Crippen LogP contribution < -0.4 is 11.2 Å². The summed E-state index contributed by atoms with van der Waals surface area (Å²) in [5.41, 5.74) is -0.399. The first-order valence-corrected chi connectivity index (χ1v) is 6.44. The van der Waals surface area contributed by atoms with Crippen LogP contribution in [0.2, 0.25) is 0 Å². The average Bonchev–Trinajstić information content (AvgIpc) is 2.78. The van der Waals surface area contributed by atoms with Crippen LogP contribution in [0.3, 0.4) is 0 Å². The van der Waals surface area contributed by atoms with Crippen LogP contribution in [0.1, 0.15) is 24.6 Å². The molecule has 94 valence electrons. The molecule has 2 rings (SSSR count). The number of ether oxygens (including phenoxy) is 1. The van der Waals surface area contributed by atoms with E-state index in [0.29, 0.717) is 23.7 Å². The van der Waals surface area contributed by atoms with Gasteiger partial charge in [-0.15, -0.1) is 0 Å². The predicted octanol–water partition coefficient (Wildman–Crippen LogP) is 0.101. The molecule has 7 heteroatoms. The monoisotopic (exact) mass is 304 g/mol. The first-order valence-electron chi connectivity index (χ1n) is 5.32. The maximum atomic E-state index is 11.6. The summed E-state index contributed by atoms with van der Waals surface area (Å²) in [6, 6.07) is 0. The summed E-state index contributed by atoms with van der Waals surface area (Å²) in [5.74, 6) is 0. The maximum absolute atomic E-state index is 11.6. The van der Waals surface area contributed by atoms with Crippen LogP contribution in [0, 0.1) is 0 Å². The minimum absolute atomic E-state index is 0.0556. The highest BCUT2D eigenvalue weighted by molar-refractivity contribution is 9.08. The molecular weight excluding hydrogens is 292 g/mol. The Kier molecular flexibility index (Phi) is 3.80. The minimum atomic E-state index is -0.483. The van der Waals surface area contributed by atoms with Crippen molar-refractivity contribution in [3.8, 4) is 0 Å². The lowest BCUT2D eigenvalue weighted by Gasteiger charge is -2.15. The molecule has 0 aliphatic carbocycles. The second-order valence-corrected chi connectivity index (χ2v) is 4.49. The van der Waals surface area contributed by atoms with Gasteiger partial charge in [-0.2, -0.15) is 0 Å². The van der Waals surface area contributed by atoms with Crippen molar-refractivity contribution < 1.29 is 9.84 Å². The van der Waals surface area contributed by atoms with Gasteiger partial charge in [-0.25, -0.2) is 4.79 Å². The Hall–Kier alpha value is -0.920. The van der Waals surface area contributed by atoms with Crippen LogP contribution in [0.15, 0.2) is 15.8 Å². The van der Waals surface area contributed by atoms with Gasteiger partial charge in [-0.1, -0.05) is 15.9 Å².